The first-order valence-corrected chi connectivity index (χ1v) is 6.27. The number of aromatic nitrogens is 2. The molecule has 1 amide bonds. The fourth-order valence-corrected chi connectivity index (χ4v) is 1.54. The molecule has 6 heteroatoms. The van der Waals surface area contributed by atoms with Gasteiger partial charge in [0.2, 0.25) is 0 Å². The van der Waals surface area contributed by atoms with Crippen molar-refractivity contribution in [3.8, 4) is 0 Å². The molecule has 1 heterocycles. The lowest BCUT2D eigenvalue weighted by molar-refractivity contribution is 0.0505. The van der Waals surface area contributed by atoms with E-state index < -0.39 is 0 Å². The van der Waals surface area contributed by atoms with Crippen LogP contribution in [0.3, 0.4) is 0 Å². The van der Waals surface area contributed by atoms with Crippen LogP contribution in [0.1, 0.15) is 23.7 Å². The van der Waals surface area contributed by atoms with E-state index >= 15 is 0 Å². The largest absolute Gasteiger partial charge is 0.462 e. The van der Waals surface area contributed by atoms with Crippen LogP contribution in [0.5, 0.6) is 0 Å². The van der Waals surface area contributed by atoms with Crippen LogP contribution >= 0.6 is 0 Å². The number of benzene rings is 1. The fourth-order valence-electron chi connectivity index (χ4n) is 1.54. The van der Waals surface area contributed by atoms with Gasteiger partial charge in [-0.3, -0.25) is 4.57 Å². The van der Waals surface area contributed by atoms with Gasteiger partial charge in [0, 0.05) is 18.1 Å². The highest BCUT2D eigenvalue weighted by molar-refractivity contribution is 5.93. The Hall–Kier alpha value is -2.63. The Morgan fingerprint density at radius 1 is 1.30 bits per heavy atom. The summed E-state index contributed by atoms with van der Waals surface area (Å²) in [5.74, 6) is -0.362. The minimum Gasteiger partial charge on any atom is -0.462 e. The summed E-state index contributed by atoms with van der Waals surface area (Å²) in [6.45, 7) is 2.33. The van der Waals surface area contributed by atoms with Crippen molar-refractivity contribution in [3.63, 3.8) is 0 Å². The molecule has 2 rings (SSSR count). The number of nitrogens with one attached hydrogen (secondary N) is 1. The summed E-state index contributed by atoms with van der Waals surface area (Å²) >= 11 is 0. The first-order chi connectivity index (χ1) is 9.70. The average Bonchev–Trinajstić information content (AvgIpc) is 3.00. The van der Waals surface area contributed by atoms with Crippen LogP contribution in [-0.4, -0.2) is 28.2 Å². The number of anilines is 1. The second kappa shape index (κ2) is 6.51. The van der Waals surface area contributed by atoms with Crippen LogP contribution in [0.15, 0.2) is 43.0 Å². The van der Waals surface area contributed by atoms with Gasteiger partial charge in [-0.05, 0) is 30.7 Å². The van der Waals surface area contributed by atoms with Crippen molar-refractivity contribution in [1.82, 2.24) is 9.55 Å². The van der Waals surface area contributed by atoms with Crippen molar-refractivity contribution < 1.29 is 14.3 Å². The second-order valence-electron chi connectivity index (χ2n) is 4.11. The maximum absolute atomic E-state index is 11.8. The number of nitrogens with zero attached hydrogens (tertiary/aromatic N) is 2. The minimum absolute atomic E-state index is 0.316. The Kier molecular flexibility index (Phi) is 4.49. The Morgan fingerprint density at radius 3 is 2.65 bits per heavy atom. The van der Waals surface area contributed by atoms with Gasteiger partial charge in [-0.15, -0.1) is 0 Å². The monoisotopic (exact) mass is 273 g/mol. The molecule has 1 N–H and O–H groups in total. The Balaban J connectivity index is 1.98. The molecule has 0 aliphatic rings. The van der Waals surface area contributed by atoms with Crippen molar-refractivity contribution in [1.29, 1.82) is 0 Å². The molecule has 0 saturated heterocycles. The number of rotatable bonds is 4. The summed E-state index contributed by atoms with van der Waals surface area (Å²) in [5.41, 5.74) is 1.05. The number of carbonyl (C=O) groups is 2. The molecule has 0 unspecified atom stereocenters. The third-order valence-electron chi connectivity index (χ3n) is 2.55. The third kappa shape index (κ3) is 3.44. The van der Waals surface area contributed by atoms with E-state index in [1.165, 1.54) is 17.1 Å². The van der Waals surface area contributed by atoms with Gasteiger partial charge in [0.25, 0.3) is 0 Å². The summed E-state index contributed by atoms with van der Waals surface area (Å²) in [7, 11) is 0. The van der Waals surface area contributed by atoms with E-state index in [9.17, 15) is 9.59 Å². The molecule has 2 aromatic rings. The van der Waals surface area contributed by atoms with Gasteiger partial charge in [-0.2, -0.15) is 0 Å². The molecule has 0 aliphatic heterocycles. The number of hydrogen-bond acceptors (Lipinski definition) is 4. The lowest BCUT2D eigenvalue weighted by Crippen LogP contribution is -2.17. The SMILES string of the molecule is CCCOC(=O)c1ccc(NC(=O)n2ccnc2)cc1. The molecule has 104 valence electrons. The molecule has 20 heavy (non-hydrogen) atoms. The first-order valence-electron chi connectivity index (χ1n) is 6.27. The molecule has 0 atom stereocenters. The first kappa shape index (κ1) is 13.8. The predicted molar refractivity (Wildman–Crippen MR) is 73.7 cm³/mol. The molecule has 0 spiro atoms. The molecule has 0 saturated carbocycles. The zero-order valence-corrected chi connectivity index (χ0v) is 11.1. The Labute approximate surface area is 116 Å². The highest BCUT2D eigenvalue weighted by atomic mass is 16.5. The van der Waals surface area contributed by atoms with Crippen LogP contribution in [0.4, 0.5) is 10.5 Å². The summed E-state index contributed by atoms with van der Waals surface area (Å²) in [5, 5.41) is 2.69. The molecule has 1 aromatic heterocycles. The molecular weight excluding hydrogens is 258 g/mol. The predicted octanol–water partition coefficient (Wildman–Crippen LogP) is 2.53. The van der Waals surface area contributed by atoms with Gasteiger partial charge in [0.05, 0.1) is 12.2 Å². The lowest BCUT2D eigenvalue weighted by atomic mass is 10.2. The number of imidazole rings is 1. The lowest BCUT2D eigenvalue weighted by Gasteiger charge is -2.06. The Morgan fingerprint density at radius 2 is 2.05 bits per heavy atom. The van der Waals surface area contributed by atoms with E-state index in [0.29, 0.717) is 17.9 Å². The maximum Gasteiger partial charge on any atom is 0.338 e. The number of ether oxygens (including phenoxy) is 1. The highest BCUT2D eigenvalue weighted by Crippen LogP contribution is 2.11. The van der Waals surface area contributed by atoms with Gasteiger partial charge in [-0.1, -0.05) is 6.92 Å². The molecule has 0 bridgehead atoms. The van der Waals surface area contributed by atoms with E-state index in [1.54, 1.807) is 30.5 Å². The van der Waals surface area contributed by atoms with E-state index in [4.69, 9.17) is 4.74 Å². The van der Waals surface area contributed by atoms with Gasteiger partial charge < -0.3 is 10.1 Å². The van der Waals surface area contributed by atoms with Crippen LogP contribution in [-0.2, 0) is 4.74 Å². The molecule has 0 fully saturated rings. The number of amides is 1. The highest BCUT2D eigenvalue weighted by Gasteiger charge is 2.08. The van der Waals surface area contributed by atoms with E-state index in [1.807, 2.05) is 6.92 Å². The topological polar surface area (TPSA) is 73.2 Å². The van der Waals surface area contributed by atoms with Crippen LogP contribution < -0.4 is 5.32 Å². The summed E-state index contributed by atoms with van der Waals surface area (Å²) in [6, 6.07) is 6.21. The van der Waals surface area contributed by atoms with E-state index in [-0.39, 0.29) is 12.0 Å². The van der Waals surface area contributed by atoms with Crippen molar-refractivity contribution in [2.24, 2.45) is 0 Å². The average molecular weight is 273 g/mol. The second-order valence-corrected chi connectivity index (χ2v) is 4.11. The smallest absolute Gasteiger partial charge is 0.338 e. The summed E-state index contributed by atoms with van der Waals surface area (Å²) in [4.78, 5) is 27.1. The van der Waals surface area contributed by atoms with E-state index in [2.05, 4.69) is 10.3 Å². The van der Waals surface area contributed by atoms with Gasteiger partial charge in [0.1, 0.15) is 6.33 Å². The minimum atomic E-state index is -0.362. The normalized spacial score (nSPS) is 10.1. The van der Waals surface area contributed by atoms with Crippen molar-refractivity contribution in [3.05, 3.63) is 48.5 Å². The zero-order chi connectivity index (χ0) is 14.4. The molecular formula is C14H15N3O3. The molecule has 6 nitrogen and oxygen atoms in total. The van der Waals surface area contributed by atoms with Gasteiger partial charge >= 0.3 is 12.0 Å². The maximum atomic E-state index is 11.8. The van der Waals surface area contributed by atoms with Gasteiger partial charge in [0.15, 0.2) is 0 Å². The van der Waals surface area contributed by atoms with Crippen molar-refractivity contribution in [2.45, 2.75) is 13.3 Å². The zero-order valence-electron chi connectivity index (χ0n) is 11.1. The standard InChI is InChI=1S/C14H15N3O3/c1-2-9-20-13(18)11-3-5-12(6-4-11)16-14(19)17-8-7-15-10-17/h3-8,10H,2,9H2,1H3,(H,16,19). The summed E-state index contributed by atoms with van der Waals surface area (Å²) in [6.07, 6.45) is 5.26. The number of carbonyl (C=O) groups excluding carboxylic acids is 2. The summed E-state index contributed by atoms with van der Waals surface area (Å²) < 4.78 is 6.34. The number of hydrogen-bond donors (Lipinski definition) is 1. The molecule has 0 radical (unpaired) electrons. The van der Waals surface area contributed by atoms with Crippen LogP contribution in [0.2, 0.25) is 0 Å². The van der Waals surface area contributed by atoms with Crippen molar-refractivity contribution in [2.75, 3.05) is 11.9 Å². The molecule has 0 aliphatic carbocycles. The number of esters is 1. The van der Waals surface area contributed by atoms with Crippen molar-refractivity contribution >= 4 is 17.7 Å². The van der Waals surface area contributed by atoms with Gasteiger partial charge in [-0.25, -0.2) is 14.6 Å². The molecule has 1 aromatic carbocycles. The van der Waals surface area contributed by atoms with E-state index in [0.717, 1.165) is 6.42 Å². The third-order valence-corrected chi connectivity index (χ3v) is 2.55. The fraction of sp³-hybridized carbons (Fsp3) is 0.214. The quantitative estimate of drug-likeness (QED) is 0.869. The van der Waals surface area contributed by atoms with Crippen LogP contribution in [0.25, 0.3) is 0 Å². The Bertz CT molecular complexity index is 576. The van der Waals surface area contributed by atoms with Crippen LogP contribution in [0, 0.1) is 0 Å².